The average Bonchev–Trinajstić information content (AvgIpc) is 3.02. The van der Waals surface area contributed by atoms with Crippen LogP contribution in [0.1, 0.15) is 55.7 Å². The van der Waals surface area contributed by atoms with Crippen LogP contribution in [0.4, 0.5) is 5.69 Å². The van der Waals surface area contributed by atoms with E-state index >= 15 is 0 Å². The standard InChI is InChI=1S/C15H25N5O/c1-9(2)13-12(16)14(18-17-13)15(21)20-8-11-5-4-6-19(11)7-10(20)3/h9-11H,4-8,16H2,1-3H3,(H,17,18). The molecule has 0 aliphatic carbocycles. The number of nitrogens with one attached hydrogen (secondary N) is 1. The average molecular weight is 291 g/mol. The molecule has 0 saturated carbocycles. The second kappa shape index (κ2) is 5.33. The SMILES string of the molecule is CC(C)c1[nH]nc(C(=O)N2CC3CCCN3CC2C)c1N. The summed E-state index contributed by atoms with van der Waals surface area (Å²) in [6.45, 7) is 9.11. The van der Waals surface area contributed by atoms with Gasteiger partial charge in [-0.3, -0.25) is 14.8 Å². The molecule has 116 valence electrons. The van der Waals surface area contributed by atoms with E-state index in [9.17, 15) is 4.79 Å². The topological polar surface area (TPSA) is 78.2 Å². The third-order valence-electron chi connectivity index (χ3n) is 4.81. The lowest BCUT2D eigenvalue weighted by Crippen LogP contribution is -2.56. The molecule has 0 aromatic carbocycles. The number of hydrogen-bond donors (Lipinski definition) is 2. The van der Waals surface area contributed by atoms with E-state index in [0.29, 0.717) is 17.4 Å². The summed E-state index contributed by atoms with van der Waals surface area (Å²) in [5.41, 5.74) is 7.86. The molecule has 1 amide bonds. The second-order valence-electron chi connectivity index (χ2n) is 6.65. The number of aromatic nitrogens is 2. The van der Waals surface area contributed by atoms with Crippen LogP contribution in [0.15, 0.2) is 0 Å². The predicted molar refractivity (Wildman–Crippen MR) is 82.2 cm³/mol. The van der Waals surface area contributed by atoms with Crippen molar-refractivity contribution in [2.24, 2.45) is 0 Å². The van der Waals surface area contributed by atoms with Crippen LogP contribution in [-0.4, -0.2) is 57.6 Å². The predicted octanol–water partition coefficient (Wildman–Crippen LogP) is 1.42. The summed E-state index contributed by atoms with van der Waals surface area (Å²) in [5, 5.41) is 7.10. The Kier molecular flexibility index (Phi) is 3.65. The molecule has 2 saturated heterocycles. The first-order valence-electron chi connectivity index (χ1n) is 7.87. The lowest BCUT2D eigenvalue weighted by molar-refractivity contribution is 0.0391. The summed E-state index contributed by atoms with van der Waals surface area (Å²) < 4.78 is 0. The second-order valence-corrected chi connectivity index (χ2v) is 6.65. The summed E-state index contributed by atoms with van der Waals surface area (Å²) in [5.74, 6) is 0.206. The first-order chi connectivity index (χ1) is 9.99. The summed E-state index contributed by atoms with van der Waals surface area (Å²) >= 11 is 0. The summed E-state index contributed by atoms with van der Waals surface area (Å²) in [4.78, 5) is 17.2. The highest BCUT2D eigenvalue weighted by molar-refractivity contribution is 5.98. The first kappa shape index (κ1) is 14.4. The van der Waals surface area contributed by atoms with Crippen LogP contribution in [0.2, 0.25) is 0 Å². The van der Waals surface area contributed by atoms with Crippen LogP contribution in [0, 0.1) is 0 Å². The van der Waals surface area contributed by atoms with Crippen molar-refractivity contribution in [1.29, 1.82) is 0 Å². The summed E-state index contributed by atoms with van der Waals surface area (Å²) in [6, 6.07) is 0.723. The Morgan fingerprint density at radius 3 is 2.86 bits per heavy atom. The third kappa shape index (κ3) is 2.41. The molecule has 3 heterocycles. The molecule has 1 aromatic heterocycles. The van der Waals surface area contributed by atoms with E-state index in [1.807, 2.05) is 18.7 Å². The van der Waals surface area contributed by atoms with Crippen LogP contribution >= 0.6 is 0 Å². The highest BCUT2D eigenvalue weighted by atomic mass is 16.2. The number of piperazine rings is 1. The molecular formula is C15H25N5O. The van der Waals surface area contributed by atoms with E-state index in [4.69, 9.17) is 5.73 Å². The smallest absolute Gasteiger partial charge is 0.276 e. The molecule has 1 aromatic rings. The van der Waals surface area contributed by atoms with Crippen molar-refractivity contribution in [2.75, 3.05) is 25.4 Å². The number of aromatic amines is 1. The van der Waals surface area contributed by atoms with E-state index < -0.39 is 0 Å². The molecule has 6 heteroatoms. The van der Waals surface area contributed by atoms with Gasteiger partial charge in [0.1, 0.15) is 0 Å². The van der Waals surface area contributed by atoms with E-state index in [-0.39, 0.29) is 17.9 Å². The number of carbonyl (C=O) groups excluding carboxylic acids is 1. The van der Waals surface area contributed by atoms with Crippen molar-refractivity contribution in [3.8, 4) is 0 Å². The molecule has 2 atom stereocenters. The molecule has 2 aliphatic heterocycles. The number of rotatable bonds is 2. The van der Waals surface area contributed by atoms with Crippen LogP contribution < -0.4 is 5.73 Å². The molecule has 2 unspecified atom stereocenters. The van der Waals surface area contributed by atoms with Gasteiger partial charge >= 0.3 is 0 Å². The van der Waals surface area contributed by atoms with Gasteiger partial charge in [-0.2, -0.15) is 5.10 Å². The zero-order valence-corrected chi connectivity index (χ0v) is 13.1. The van der Waals surface area contributed by atoms with E-state index in [2.05, 4.69) is 22.0 Å². The zero-order chi connectivity index (χ0) is 15.1. The van der Waals surface area contributed by atoms with Crippen LogP contribution in [0.3, 0.4) is 0 Å². The third-order valence-corrected chi connectivity index (χ3v) is 4.81. The van der Waals surface area contributed by atoms with Crippen molar-refractivity contribution in [3.63, 3.8) is 0 Å². The van der Waals surface area contributed by atoms with Crippen molar-refractivity contribution >= 4 is 11.6 Å². The minimum absolute atomic E-state index is 0.0327. The van der Waals surface area contributed by atoms with Gasteiger partial charge in [-0.25, -0.2) is 0 Å². The molecule has 21 heavy (non-hydrogen) atoms. The minimum Gasteiger partial charge on any atom is -0.395 e. The van der Waals surface area contributed by atoms with Gasteiger partial charge in [0, 0.05) is 25.2 Å². The maximum absolute atomic E-state index is 12.8. The Morgan fingerprint density at radius 2 is 2.19 bits per heavy atom. The quantitative estimate of drug-likeness (QED) is 0.864. The maximum Gasteiger partial charge on any atom is 0.276 e. The monoisotopic (exact) mass is 291 g/mol. The number of amides is 1. The van der Waals surface area contributed by atoms with Crippen LogP contribution in [0.5, 0.6) is 0 Å². The normalized spacial score (nSPS) is 26.4. The molecule has 2 fully saturated rings. The van der Waals surface area contributed by atoms with Crippen molar-refractivity contribution < 1.29 is 4.79 Å². The Bertz CT molecular complexity index is 538. The number of fused-ring (bicyclic) bond motifs is 1. The number of nitrogen functional groups attached to an aromatic ring is 1. The largest absolute Gasteiger partial charge is 0.395 e. The number of nitrogens with two attached hydrogens (primary N) is 1. The van der Waals surface area contributed by atoms with Gasteiger partial charge in [0.15, 0.2) is 5.69 Å². The minimum atomic E-state index is -0.0327. The molecule has 0 spiro atoms. The molecule has 6 nitrogen and oxygen atoms in total. The Morgan fingerprint density at radius 1 is 1.43 bits per heavy atom. The highest BCUT2D eigenvalue weighted by Gasteiger charge is 2.38. The molecular weight excluding hydrogens is 266 g/mol. The Labute approximate surface area is 125 Å². The van der Waals surface area contributed by atoms with Gasteiger partial charge in [0.25, 0.3) is 5.91 Å². The van der Waals surface area contributed by atoms with Crippen molar-refractivity contribution in [1.82, 2.24) is 20.0 Å². The molecule has 0 bridgehead atoms. The van der Waals surface area contributed by atoms with Crippen molar-refractivity contribution in [3.05, 3.63) is 11.4 Å². The van der Waals surface area contributed by atoms with E-state index in [1.54, 1.807) is 0 Å². The highest BCUT2D eigenvalue weighted by Crippen LogP contribution is 2.28. The van der Waals surface area contributed by atoms with E-state index in [0.717, 1.165) is 18.8 Å². The van der Waals surface area contributed by atoms with Gasteiger partial charge in [0.05, 0.1) is 11.4 Å². The lowest BCUT2D eigenvalue weighted by atomic mass is 10.1. The number of anilines is 1. The summed E-state index contributed by atoms with van der Waals surface area (Å²) in [6.07, 6.45) is 2.42. The van der Waals surface area contributed by atoms with Crippen LogP contribution in [-0.2, 0) is 0 Å². The van der Waals surface area contributed by atoms with Gasteiger partial charge in [-0.05, 0) is 32.2 Å². The van der Waals surface area contributed by atoms with Gasteiger partial charge in [-0.15, -0.1) is 0 Å². The molecule has 3 N–H and O–H groups in total. The maximum atomic E-state index is 12.8. The first-order valence-corrected chi connectivity index (χ1v) is 7.87. The van der Waals surface area contributed by atoms with Crippen molar-refractivity contribution in [2.45, 2.75) is 51.6 Å². The number of H-pyrrole nitrogens is 1. The number of carbonyl (C=O) groups is 1. The molecule has 2 aliphatic rings. The molecule has 3 rings (SSSR count). The Hall–Kier alpha value is -1.56. The van der Waals surface area contributed by atoms with E-state index in [1.165, 1.54) is 19.4 Å². The fourth-order valence-electron chi connectivity index (χ4n) is 3.57. The number of hydrogen-bond acceptors (Lipinski definition) is 4. The lowest BCUT2D eigenvalue weighted by Gasteiger charge is -2.42. The van der Waals surface area contributed by atoms with Gasteiger partial charge in [-0.1, -0.05) is 13.8 Å². The Balaban J connectivity index is 1.81. The fourth-order valence-corrected chi connectivity index (χ4v) is 3.57. The van der Waals surface area contributed by atoms with Gasteiger partial charge in [0.2, 0.25) is 0 Å². The summed E-state index contributed by atoms with van der Waals surface area (Å²) in [7, 11) is 0. The molecule has 0 radical (unpaired) electrons. The van der Waals surface area contributed by atoms with Crippen LogP contribution in [0.25, 0.3) is 0 Å². The fraction of sp³-hybridized carbons (Fsp3) is 0.733. The zero-order valence-electron chi connectivity index (χ0n) is 13.1. The number of nitrogens with zero attached hydrogens (tertiary/aromatic N) is 3. The van der Waals surface area contributed by atoms with Gasteiger partial charge < -0.3 is 10.6 Å².